The van der Waals surface area contributed by atoms with Crippen molar-refractivity contribution in [2.24, 2.45) is 5.14 Å². The lowest BCUT2D eigenvalue weighted by molar-refractivity contribution is 0.0502. The summed E-state index contributed by atoms with van der Waals surface area (Å²) in [6.45, 7) is 0.0343. The smallest absolute Gasteiger partial charge is 0.356 e. The lowest BCUT2D eigenvalue weighted by Crippen LogP contribution is -2.13. The largest absolute Gasteiger partial charge is 0.477 e. The number of sulfonamides is 1. The van der Waals surface area contributed by atoms with E-state index in [2.05, 4.69) is 4.98 Å². The van der Waals surface area contributed by atoms with Crippen LogP contribution in [0.4, 0.5) is 0 Å². The highest BCUT2D eigenvalue weighted by Gasteiger charge is 2.12. The molecular formula is C15H14N2O6S. The molecule has 0 aliphatic heterocycles. The van der Waals surface area contributed by atoms with E-state index in [-0.39, 0.29) is 22.9 Å². The number of hydrogen-bond donors (Lipinski definition) is 2. The van der Waals surface area contributed by atoms with E-state index in [0.29, 0.717) is 6.42 Å². The van der Waals surface area contributed by atoms with Crippen molar-refractivity contribution in [1.82, 2.24) is 4.98 Å². The molecule has 1 aromatic carbocycles. The van der Waals surface area contributed by atoms with Crippen LogP contribution >= 0.6 is 0 Å². The number of esters is 1. The van der Waals surface area contributed by atoms with Crippen LogP contribution in [-0.2, 0) is 21.2 Å². The SMILES string of the molecule is NS(=O)(=O)c1ccc(CCOC(=O)c2cccc(C(=O)O)n2)cc1. The highest BCUT2D eigenvalue weighted by molar-refractivity contribution is 7.89. The zero-order valence-corrected chi connectivity index (χ0v) is 13.2. The Bertz CT molecular complexity index is 862. The molecule has 0 saturated heterocycles. The molecule has 0 aliphatic carbocycles. The second kappa shape index (κ2) is 7.20. The van der Waals surface area contributed by atoms with Crippen LogP contribution < -0.4 is 5.14 Å². The number of carbonyl (C=O) groups excluding carboxylic acids is 1. The van der Waals surface area contributed by atoms with E-state index in [9.17, 15) is 18.0 Å². The molecule has 2 rings (SSSR count). The molecule has 0 spiro atoms. The fourth-order valence-corrected chi connectivity index (χ4v) is 2.36. The first-order chi connectivity index (χ1) is 11.3. The standard InChI is InChI=1S/C15H14N2O6S/c16-24(21,22)11-6-4-10(5-7-11)8-9-23-15(20)13-3-1-2-12(17-13)14(18)19/h1-7H,8-9H2,(H,18,19)(H2,16,21,22). The first kappa shape index (κ1) is 17.6. The number of primary sulfonamides is 1. The quantitative estimate of drug-likeness (QED) is 0.736. The van der Waals surface area contributed by atoms with Crippen LogP contribution in [0.25, 0.3) is 0 Å². The molecular weight excluding hydrogens is 336 g/mol. The van der Waals surface area contributed by atoms with Gasteiger partial charge < -0.3 is 9.84 Å². The van der Waals surface area contributed by atoms with Gasteiger partial charge in [-0.05, 0) is 29.8 Å². The second-order valence-corrected chi connectivity index (χ2v) is 6.35. The maximum absolute atomic E-state index is 11.8. The summed E-state index contributed by atoms with van der Waals surface area (Å²) in [5, 5.41) is 13.8. The molecule has 24 heavy (non-hydrogen) atoms. The molecule has 0 fully saturated rings. The van der Waals surface area contributed by atoms with Crippen LogP contribution in [-0.4, -0.2) is 37.1 Å². The van der Waals surface area contributed by atoms with Gasteiger partial charge in [-0.25, -0.2) is 28.1 Å². The van der Waals surface area contributed by atoms with Gasteiger partial charge in [0.25, 0.3) is 0 Å². The van der Waals surface area contributed by atoms with E-state index in [1.165, 1.54) is 30.3 Å². The fraction of sp³-hybridized carbons (Fsp3) is 0.133. The van der Waals surface area contributed by atoms with Crippen molar-refractivity contribution >= 4 is 22.0 Å². The third-order valence-electron chi connectivity index (χ3n) is 3.05. The van der Waals surface area contributed by atoms with E-state index in [1.807, 2.05) is 0 Å². The van der Waals surface area contributed by atoms with Crippen molar-refractivity contribution in [1.29, 1.82) is 0 Å². The van der Waals surface area contributed by atoms with Crippen LogP contribution in [0.3, 0.4) is 0 Å². The van der Waals surface area contributed by atoms with Gasteiger partial charge in [-0.1, -0.05) is 18.2 Å². The predicted molar refractivity (Wildman–Crippen MR) is 83.0 cm³/mol. The molecule has 3 N–H and O–H groups in total. The summed E-state index contributed by atoms with van der Waals surface area (Å²) in [5.74, 6) is -1.97. The van der Waals surface area contributed by atoms with Crippen molar-refractivity contribution in [2.75, 3.05) is 6.61 Å². The average molecular weight is 350 g/mol. The van der Waals surface area contributed by atoms with Gasteiger partial charge in [0.1, 0.15) is 11.4 Å². The lowest BCUT2D eigenvalue weighted by Gasteiger charge is -2.06. The molecule has 0 aliphatic rings. The Hall–Kier alpha value is -2.78. The number of carbonyl (C=O) groups is 2. The van der Waals surface area contributed by atoms with E-state index in [1.54, 1.807) is 12.1 Å². The zero-order valence-electron chi connectivity index (χ0n) is 12.4. The van der Waals surface area contributed by atoms with E-state index >= 15 is 0 Å². The monoisotopic (exact) mass is 350 g/mol. The number of carboxylic acids is 1. The summed E-state index contributed by atoms with van der Waals surface area (Å²) in [4.78, 5) is 26.3. The Kier molecular flexibility index (Phi) is 5.27. The third-order valence-corrected chi connectivity index (χ3v) is 3.98. The summed E-state index contributed by atoms with van der Waals surface area (Å²) < 4.78 is 27.3. The number of hydrogen-bond acceptors (Lipinski definition) is 6. The number of benzene rings is 1. The summed E-state index contributed by atoms with van der Waals surface area (Å²) >= 11 is 0. The maximum atomic E-state index is 11.8. The van der Waals surface area contributed by atoms with Crippen molar-refractivity contribution in [3.8, 4) is 0 Å². The minimum absolute atomic E-state index is 0.00192. The molecule has 0 amide bonds. The zero-order chi connectivity index (χ0) is 17.7. The molecule has 2 aromatic rings. The Morgan fingerprint density at radius 3 is 2.29 bits per heavy atom. The van der Waals surface area contributed by atoms with Crippen LogP contribution in [0.2, 0.25) is 0 Å². The number of aromatic carboxylic acids is 1. The molecule has 0 unspecified atom stereocenters. The van der Waals surface area contributed by atoms with Crippen LogP contribution in [0.1, 0.15) is 26.5 Å². The lowest BCUT2D eigenvalue weighted by atomic mass is 10.2. The van der Waals surface area contributed by atoms with Crippen LogP contribution in [0, 0.1) is 0 Å². The van der Waals surface area contributed by atoms with E-state index in [4.69, 9.17) is 15.0 Å². The van der Waals surface area contributed by atoms with E-state index in [0.717, 1.165) is 5.56 Å². The van der Waals surface area contributed by atoms with Gasteiger partial charge in [0.05, 0.1) is 11.5 Å². The average Bonchev–Trinajstić information content (AvgIpc) is 2.54. The van der Waals surface area contributed by atoms with Gasteiger partial charge in [0, 0.05) is 6.42 Å². The molecule has 0 bridgehead atoms. The molecule has 8 nitrogen and oxygen atoms in total. The first-order valence-corrected chi connectivity index (χ1v) is 8.31. The van der Waals surface area contributed by atoms with Crippen LogP contribution in [0.5, 0.6) is 0 Å². The molecule has 0 radical (unpaired) electrons. The Morgan fingerprint density at radius 2 is 1.71 bits per heavy atom. The fourth-order valence-electron chi connectivity index (χ4n) is 1.85. The van der Waals surface area contributed by atoms with Gasteiger partial charge in [0.15, 0.2) is 0 Å². The van der Waals surface area contributed by atoms with Gasteiger partial charge >= 0.3 is 11.9 Å². The van der Waals surface area contributed by atoms with Crippen LogP contribution in [0.15, 0.2) is 47.4 Å². The Morgan fingerprint density at radius 1 is 1.08 bits per heavy atom. The minimum Gasteiger partial charge on any atom is -0.477 e. The summed E-state index contributed by atoms with van der Waals surface area (Å²) in [5.41, 5.74) is 0.407. The van der Waals surface area contributed by atoms with Crippen molar-refractivity contribution < 1.29 is 27.9 Å². The molecule has 9 heteroatoms. The minimum atomic E-state index is -3.74. The molecule has 1 aromatic heterocycles. The molecule has 126 valence electrons. The van der Waals surface area contributed by atoms with Crippen molar-refractivity contribution in [3.05, 3.63) is 59.4 Å². The van der Waals surface area contributed by atoms with Gasteiger partial charge in [-0.3, -0.25) is 0 Å². The number of aromatic nitrogens is 1. The number of carboxylic acid groups (broad SMARTS) is 1. The van der Waals surface area contributed by atoms with Gasteiger partial charge in [0.2, 0.25) is 10.0 Å². The number of nitrogens with zero attached hydrogens (tertiary/aromatic N) is 1. The Balaban J connectivity index is 1.93. The van der Waals surface area contributed by atoms with Gasteiger partial charge in [-0.15, -0.1) is 0 Å². The third kappa shape index (κ3) is 4.61. The maximum Gasteiger partial charge on any atom is 0.356 e. The summed E-state index contributed by atoms with van der Waals surface area (Å²) in [6.07, 6.45) is 0.356. The molecule has 0 saturated carbocycles. The summed E-state index contributed by atoms with van der Waals surface area (Å²) in [7, 11) is -3.74. The van der Waals surface area contributed by atoms with Gasteiger partial charge in [-0.2, -0.15) is 0 Å². The van der Waals surface area contributed by atoms with E-state index < -0.39 is 22.0 Å². The van der Waals surface area contributed by atoms with Crippen molar-refractivity contribution in [2.45, 2.75) is 11.3 Å². The first-order valence-electron chi connectivity index (χ1n) is 6.76. The number of pyridine rings is 1. The normalized spacial score (nSPS) is 11.0. The topological polar surface area (TPSA) is 137 Å². The summed E-state index contributed by atoms with van der Waals surface area (Å²) in [6, 6.07) is 9.89. The number of nitrogens with two attached hydrogens (primary N) is 1. The number of rotatable bonds is 6. The molecule has 1 heterocycles. The number of ether oxygens (including phenoxy) is 1. The predicted octanol–water partition coefficient (Wildman–Crippen LogP) is 0.827. The Labute approximate surface area is 137 Å². The highest BCUT2D eigenvalue weighted by Crippen LogP contribution is 2.10. The van der Waals surface area contributed by atoms with Crippen molar-refractivity contribution in [3.63, 3.8) is 0 Å². The highest BCUT2D eigenvalue weighted by atomic mass is 32.2. The molecule has 0 atom stereocenters. The second-order valence-electron chi connectivity index (χ2n) is 4.79.